The van der Waals surface area contributed by atoms with Crippen molar-refractivity contribution in [3.05, 3.63) is 17.5 Å². The molecule has 2 amide bonds. The molecule has 1 fully saturated rings. The first-order chi connectivity index (χ1) is 11.9. The number of carbonyl (C=O) groups is 2. The summed E-state index contributed by atoms with van der Waals surface area (Å²) in [5, 5.41) is 6.11. The molecule has 0 aromatic carbocycles. The predicted molar refractivity (Wildman–Crippen MR) is 94.6 cm³/mol. The molecule has 138 valence electrons. The van der Waals surface area contributed by atoms with Crippen LogP contribution < -0.4 is 10.6 Å². The maximum absolute atomic E-state index is 12.5. The Bertz CT molecular complexity index is 612. The number of hydrogen-bond acceptors (Lipinski definition) is 6. The second-order valence-corrected chi connectivity index (χ2v) is 6.45. The Labute approximate surface area is 148 Å². The molecular formula is C17H27N5O3. The Morgan fingerprint density at radius 2 is 2.00 bits per heavy atom. The summed E-state index contributed by atoms with van der Waals surface area (Å²) >= 11 is 0. The highest BCUT2D eigenvalue weighted by atomic mass is 16.6. The number of hydrogen-bond donors (Lipinski definition) is 2. The van der Waals surface area contributed by atoms with E-state index in [9.17, 15) is 9.59 Å². The monoisotopic (exact) mass is 349 g/mol. The van der Waals surface area contributed by atoms with Crippen molar-refractivity contribution < 1.29 is 14.3 Å². The third-order valence-electron chi connectivity index (χ3n) is 3.86. The average Bonchev–Trinajstić information content (AvgIpc) is 2.54. The van der Waals surface area contributed by atoms with Gasteiger partial charge in [-0.1, -0.05) is 0 Å². The number of amides is 2. The van der Waals surface area contributed by atoms with Gasteiger partial charge in [0.2, 0.25) is 5.95 Å². The Balaban J connectivity index is 1.92. The van der Waals surface area contributed by atoms with Crippen LogP contribution in [0.5, 0.6) is 0 Å². The average molecular weight is 349 g/mol. The number of likely N-dealkylation sites (tertiary alicyclic amines) is 1. The third kappa shape index (κ3) is 5.58. The van der Waals surface area contributed by atoms with Gasteiger partial charge >= 0.3 is 6.09 Å². The van der Waals surface area contributed by atoms with Crippen LogP contribution in [0, 0.1) is 6.92 Å². The second-order valence-electron chi connectivity index (χ2n) is 6.45. The van der Waals surface area contributed by atoms with Crippen LogP contribution in [0.2, 0.25) is 0 Å². The number of nitrogens with one attached hydrogen (secondary N) is 2. The highest BCUT2D eigenvalue weighted by Gasteiger charge is 2.25. The van der Waals surface area contributed by atoms with E-state index in [2.05, 4.69) is 20.6 Å². The zero-order valence-corrected chi connectivity index (χ0v) is 15.3. The molecule has 8 heteroatoms. The van der Waals surface area contributed by atoms with E-state index in [1.165, 1.54) is 0 Å². The van der Waals surface area contributed by atoms with Crippen molar-refractivity contribution in [2.75, 3.05) is 25.0 Å². The summed E-state index contributed by atoms with van der Waals surface area (Å²) in [7, 11) is 0. The summed E-state index contributed by atoms with van der Waals surface area (Å²) < 4.78 is 5.00. The normalized spacial score (nSPS) is 15.2. The molecule has 1 aliphatic rings. The van der Waals surface area contributed by atoms with E-state index < -0.39 is 0 Å². The van der Waals surface area contributed by atoms with E-state index in [1.54, 1.807) is 17.9 Å². The number of nitrogens with zero attached hydrogens (tertiary/aromatic N) is 3. The lowest BCUT2D eigenvalue weighted by atomic mass is 10.1. The molecule has 0 atom stereocenters. The van der Waals surface area contributed by atoms with Crippen LogP contribution in [0.15, 0.2) is 6.07 Å². The highest BCUT2D eigenvalue weighted by Crippen LogP contribution is 2.13. The molecule has 0 radical (unpaired) electrons. The van der Waals surface area contributed by atoms with Crippen LogP contribution in [-0.4, -0.2) is 58.6 Å². The minimum atomic E-state index is -0.289. The molecule has 0 spiro atoms. The van der Waals surface area contributed by atoms with Gasteiger partial charge in [0.15, 0.2) is 0 Å². The molecule has 2 rings (SSSR count). The molecule has 2 N–H and O–H groups in total. The lowest BCUT2D eigenvalue weighted by Crippen LogP contribution is -2.46. The quantitative estimate of drug-likeness (QED) is 0.843. The first-order valence-electron chi connectivity index (χ1n) is 8.73. The van der Waals surface area contributed by atoms with Crippen LogP contribution in [0.3, 0.4) is 0 Å². The largest absolute Gasteiger partial charge is 0.450 e. The van der Waals surface area contributed by atoms with Crippen molar-refractivity contribution >= 4 is 17.9 Å². The molecule has 8 nitrogen and oxygen atoms in total. The molecule has 0 bridgehead atoms. The summed E-state index contributed by atoms with van der Waals surface area (Å²) in [5.74, 6) is 0.240. The Morgan fingerprint density at radius 3 is 2.60 bits per heavy atom. The Morgan fingerprint density at radius 1 is 1.32 bits per heavy atom. The molecule has 1 saturated heterocycles. The number of rotatable bonds is 5. The lowest BCUT2D eigenvalue weighted by Gasteiger charge is -2.31. The van der Waals surface area contributed by atoms with Crippen molar-refractivity contribution in [3.8, 4) is 0 Å². The molecule has 0 saturated carbocycles. The zero-order chi connectivity index (χ0) is 18.4. The van der Waals surface area contributed by atoms with Gasteiger partial charge in [0.1, 0.15) is 5.69 Å². The molecule has 1 aromatic heterocycles. The van der Waals surface area contributed by atoms with Gasteiger partial charge in [0.25, 0.3) is 5.91 Å². The number of ether oxygens (including phenoxy) is 1. The van der Waals surface area contributed by atoms with Gasteiger partial charge in [-0.15, -0.1) is 0 Å². The summed E-state index contributed by atoms with van der Waals surface area (Å²) in [5.41, 5.74) is 1.09. The first-order valence-corrected chi connectivity index (χ1v) is 8.73. The van der Waals surface area contributed by atoms with Crippen molar-refractivity contribution in [3.63, 3.8) is 0 Å². The topological polar surface area (TPSA) is 96.5 Å². The van der Waals surface area contributed by atoms with Crippen molar-refractivity contribution in [2.45, 2.75) is 52.6 Å². The summed E-state index contributed by atoms with van der Waals surface area (Å²) in [6, 6.07) is 1.88. The standard InChI is InChI=1S/C17H27N5O3/c1-5-25-17(24)22-8-6-13(7-9-22)20-15(23)14-10-12(4)19-16(21-14)18-11(2)3/h10-11,13H,5-9H2,1-4H3,(H,20,23)(H,18,19,21). The Hall–Kier alpha value is -2.38. The SMILES string of the molecule is CCOC(=O)N1CCC(NC(=O)c2cc(C)nc(NC(C)C)n2)CC1. The van der Waals surface area contributed by atoms with E-state index in [-0.39, 0.29) is 24.1 Å². The molecular weight excluding hydrogens is 322 g/mol. The van der Waals surface area contributed by atoms with Gasteiger partial charge in [-0.2, -0.15) is 0 Å². The van der Waals surface area contributed by atoms with Gasteiger partial charge in [-0.3, -0.25) is 4.79 Å². The maximum atomic E-state index is 12.5. The van der Waals surface area contributed by atoms with Crippen LogP contribution in [0.1, 0.15) is 49.8 Å². The fraction of sp³-hybridized carbons (Fsp3) is 0.647. The van der Waals surface area contributed by atoms with Crippen LogP contribution in [0.25, 0.3) is 0 Å². The molecule has 1 aromatic rings. The van der Waals surface area contributed by atoms with E-state index in [0.717, 1.165) is 5.69 Å². The van der Waals surface area contributed by atoms with Gasteiger partial charge < -0.3 is 20.3 Å². The van der Waals surface area contributed by atoms with Crippen LogP contribution >= 0.6 is 0 Å². The van der Waals surface area contributed by atoms with E-state index in [4.69, 9.17) is 4.74 Å². The highest BCUT2D eigenvalue weighted by molar-refractivity contribution is 5.92. The number of carbonyl (C=O) groups excluding carboxylic acids is 2. The molecule has 0 unspecified atom stereocenters. The number of aromatic nitrogens is 2. The minimum Gasteiger partial charge on any atom is -0.450 e. The van der Waals surface area contributed by atoms with Gasteiger partial charge in [-0.05, 0) is 46.6 Å². The number of aryl methyl sites for hydroxylation is 1. The lowest BCUT2D eigenvalue weighted by molar-refractivity contribution is 0.0856. The summed E-state index contributed by atoms with van der Waals surface area (Å²) in [4.78, 5) is 34.4. The number of anilines is 1. The predicted octanol–water partition coefficient (Wildman–Crippen LogP) is 1.96. The van der Waals surface area contributed by atoms with Gasteiger partial charge in [0, 0.05) is 30.9 Å². The van der Waals surface area contributed by atoms with E-state index >= 15 is 0 Å². The minimum absolute atomic E-state index is 0.0231. The van der Waals surface area contributed by atoms with Gasteiger partial charge in [-0.25, -0.2) is 14.8 Å². The van der Waals surface area contributed by atoms with Crippen LogP contribution in [0.4, 0.5) is 10.7 Å². The van der Waals surface area contributed by atoms with Crippen molar-refractivity contribution in [1.82, 2.24) is 20.2 Å². The molecule has 25 heavy (non-hydrogen) atoms. The van der Waals surface area contributed by atoms with Crippen molar-refractivity contribution in [2.24, 2.45) is 0 Å². The van der Waals surface area contributed by atoms with Crippen LogP contribution in [-0.2, 0) is 4.74 Å². The maximum Gasteiger partial charge on any atom is 0.409 e. The van der Waals surface area contributed by atoms with Gasteiger partial charge in [0.05, 0.1) is 6.61 Å². The summed E-state index contributed by atoms with van der Waals surface area (Å²) in [6.45, 7) is 9.12. The first kappa shape index (κ1) is 19.0. The number of piperidine rings is 1. The fourth-order valence-electron chi connectivity index (χ4n) is 2.69. The van der Waals surface area contributed by atoms with E-state index in [1.807, 2.05) is 20.8 Å². The Kier molecular flexibility index (Phi) is 6.55. The van der Waals surface area contributed by atoms with E-state index in [0.29, 0.717) is 44.2 Å². The second kappa shape index (κ2) is 8.64. The fourth-order valence-corrected chi connectivity index (χ4v) is 2.69. The smallest absolute Gasteiger partial charge is 0.409 e. The van der Waals surface area contributed by atoms with Crippen molar-refractivity contribution in [1.29, 1.82) is 0 Å². The molecule has 0 aliphatic carbocycles. The summed E-state index contributed by atoms with van der Waals surface area (Å²) in [6.07, 6.45) is 1.11. The third-order valence-corrected chi connectivity index (χ3v) is 3.86. The molecule has 2 heterocycles. The molecule has 1 aliphatic heterocycles. The zero-order valence-electron chi connectivity index (χ0n) is 15.3.